The van der Waals surface area contributed by atoms with Crippen LogP contribution in [0.15, 0.2) is 48.1 Å². The van der Waals surface area contributed by atoms with Crippen LogP contribution in [0.3, 0.4) is 0 Å². The van der Waals surface area contributed by atoms with Gasteiger partial charge in [0.2, 0.25) is 11.8 Å². The topological polar surface area (TPSA) is 37.4 Å². The third-order valence-electron chi connectivity index (χ3n) is 4.16. The molecule has 20 heavy (non-hydrogen) atoms. The van der Waals surface area contributed by atoms with E-state index < -0.39 is 0 Å². The molecule has 0 radical (unpaired) electrons. The lowest BCUT2D eigenvalue weighted by atomic mass is 9.81. The summed E-state index contributed by atoms with van der Waals surface area (Å²) in [5, 5.41) is 0. The SMILES string of the molecule is CN1C(=O)C2CC=C(/C=C/c3ccccc3)CC2C1=O. The summed E-state index contributed by atoms with van der Waals surface area (Å²) in [6, 6.07) is 10.1. The molecule has 2 unspecified atom stereocenters. The Balaban J connectivity index is 1.75. The maximum atomic E-state index is 12.0. The van der Waals surface area contributed by atoms with Gasteiger partial charge in [0.1, 0.15) is 0 Å². The molecule has 0 spiro atoms. The van der Waals surface area contributed by atoms with Crippen LogP contribution in [0.25, 0.3) is 6.08 Å². The summed E-state index contributed by atoms with van der Waals surface area (Å²) >= 11 is 0. The van der Waals surface area contributed by atoms with E-state index >= 15 is 0 Å². The van der Waals surface area contributed by atoms with Gasteiger partial charge in [0.15, 0.2) is 0 Å². The molecule has 1 saturated heterocycles. The fraction of sp³-hybridized carbons (Fsp3) is 0.294. The number of rotatable bonds is 2. The summed E-state index contributed by atoms with van der Waals surface area (Å²) in [6.45, 7) is 0. The van der Waals surface area contributed by atoms with E-state index in [-0.39, 0.29) is 23.7 Å². The first kappa shape index (κ1) is 12.9. The number of carbonyl (C=O) groups is 2. The molecule has 1 aromatic carbocycles. The van der Waals surface area contributed by atoms with E-state index in [9.17, 15) is 9.59 Å². The van der Waals surface area contributed by atoms with E-state index in [4.69, 9.17) is 0 Å². The van der Waals surface area contributed by atoms with E-state index in [2.05, 4.69) is 18.2 Å². The fourth-order valence-corrected chi connectivity index (χ4v) is 2.96. The number of hydrogen-bond donors (Lipinski definition) is 0. The first-order chi connectivity index (χ1) is 9.66. The van der Waals surface area contributed by atoms with Crippen LogP contribution >= 0.6 is 0 Å². The molecule has 1 fully saturated rings. The van der Waals surface area contributed by atoms with E-state index in [1.165, 1.54) is 4.90 Å². The second kappa shape index (κ2) is 5.08. The lowest BCUT2D eigenvalue weighted by Gasteiger charge is -2.19. The summed E-state index contributed by atoms with van der Waals surface area (Å²) in [6.07, 6.45) is 7.54. The lowest BCUT2D eigenvalue weighted by Crippen LogP contribution is -2.26. The van der Waals surface area contributed by atoms with Gasteiger partial charge in [0.05, 0.1) is 11.8 Å². The van der Waals surface area contributed by atoms with Crippen LogP contribution in [-0.2, 0) is 9.59 Å². The number of fused-ring (bicyclic) bond motifs is 1. The molecule has 102 valence electrons. The van der Waals surface area contributed by atoms with Gasteiger partial charge >= 0.3 is 0 Å². The standard InChI is InChI=1S/C17H17NO2/c1-18-16(19)14-10-9-13(11-15(14)17(18)20)8-7-12-5-3-2-4-6-12/h2-9,14-15H,10-11H2,1H3/b8-7+. The zero-order valence-corrected chi connectivity index (χ0v) is 11.5. The predicted octanol–water partition coefficient (Wildman–Crippen LogP) is 2.65. The average Bonchev–Trinajstić information content (AvgIpc) is 2.71. The number of imide groups is 1. The Labute approximate surface area is 118 Å². The van der Waals surface area contributed by atoms with Gasteiger partial charge in [0, 0.05) is 7.05 Å². The van der Waals surface area contributed by atoms with Gasteiger partial charge in [-0.15, -0.1) is 0 Å². The third-order valence-corrected chi connectivity index (χ3v) is 4.16. The molecule has 3 nitrogen and oxygen atoms in total. The summed E-state index contributed by atoms with van der Waals surface area (Å²) in [4.78, 5) is 25.2. The Bertz CT molecular complexity index is 601. The Kier molecular flexibility index (Phi) is 3.26. The molecule has 1 heterocycles. The van der Waals surface area contributed by atoms with Gasteiger partial charge < -0.3 is 0 Å². The van der Waals surface area contributed by atoms with Crippen LogP contribution in [0.2, 0.25) is 0 Å². The Morgan fingerprint density at radius 2 is 1.75 bits per heavy atom. The molecule has 0 aromatic heterocycles. The van der Waals surface area contributed by atoms with Crippen molar-refractivity contribution in [3.63, 3.8) is 0 Å². The van der Waals surface area contributed by atoms with Crippen LogP contribution in [0.1, 0.15) is 18.4 Å². The van der Waals surface area contributed by atoms with Crippen molar-refractivity contribution in [2.24, 2.45) is 11.8 Å². The molecular formula is C17H17NO2. The first-order valence-electron chi connectivity index (χ1n) is 6.90. The van der Waals surface area contributed by atoms with E-state index in [0.717, 1.165) is 11.1 Å². The number of hydrogen-bond acceptors (Lipinski definition) is 2. The van der Waals surface area contributed by atoms with Crippen molar-refractivity contribution in [3.05, 3.63) is 53.6 Å². The maximum Gasteiger partial charge on any atom is 0.233 e. The second-order valence-corrected chi connectivity index (χ2v) is 5.41. The Morgan fingerprint density at radius 1 is 1.05 bits per heavy atom. The van der Waals surface area contributed by atoms with E-state index in [1.54, 1.807) is 7.05 Å². The predicted molar refractivity (Wildman–Crippen MR) is 77.6 cm³/mol. The zero-order chi connectivity index (χ0) is 14.1. The molecule has 2 aliphatic rings. The van der Waals surface area contributed by atoms with Gasteiger partial charge in [-0.2, -0.15) is 0 Å². The number of allylic oxidation sites excluding steroid dienone is 3. The van der Waals surface area contributed by atoms with Crippen LogP contribution in [0, 0.1) is 11.8 Å². The lowest BCUT2D eigenvalue weighted by molar-refractivity contribution is -0.138. The highest BCUT2D eigenvalue weighted by Crippen LogP contribution is 2.37. The number of amides is 2. The monoisotopic (exact) mass is 267 g/mol. The molecule has 1 aromatic rings. The van der Waals surface area contributed by atoms with Crippen molar-refractivity contribution >= 4 is 17.9 Å². The highest BCUT2D eigenvalue weighted by molar-refractivity contribution is 6.05. The van der Waals surface area contributed by atoms with E-state index in [0.29, 0.717) is 12.8 Å². The van der Waals surface area contributed by atoms with Crippen molar-refractivity contribution in [3.8, 4) is 0 Å². The molecule has 0 bridgehead atoms. The molecule has 0 saturated carbocycles. The van der Waals surface area contributed by atoms with Crippen molar-refractivity contribution in [1.82, 2.24) is 4.90 Å². The van der Waals surface area contributed by atoms with Crippen molar-refractivity contribution in [2.75, 3.05) is 7.05 Å². The zero-order valence-electron chi connectivity index (χ0n) is 11.5. The number of carbonyl (C=O) groups excluding carboxylic acids is 2. The summed E-state index contributed by atoms with van der Waals surface area (Å²) in [5.41, 5.74) is 2.29. The van der Waals surface area contributed by atoms with Crippen LogP contribution in [-0.4, -0.2) is 23.8 Å². The molecule has 1 aliphatic carbocycles. The largest absolute Gasteiger partial charge is 0.285 e. The maximum absolute atomic E-state index is 12.0. The highest BCUT2D eigenvalue weighted by atomic mass is 16.2. The molecule has 3 rings (SSSR count). The second-order valence-electron chi connectivity index (χ2n) is 5.41. The summed E-state index contributed by atoms with van der Waals surface area (Å²) in [5.74, 6) is -0.352. The smallest absolute Gasteiger partial charge is 0.233 e. The Morgan fingerprint density at radius 3 is 2.50 bits per heavy atom. The fourth-order valence-electron chi connectivity index (χ4n) is 2.96. The van der Waals surface area contributed by atoms with Crippen molar-refractivity contribution in [2.45, 2.75) is 12.8 Å². The van der Waals surface area contributed by atoms with Crippen LogP contribution in [0.4, 0.5) is 0 Å². The van der Waals surface area contributed by atoms with Gasteiger partial charge in [-0.25, -0.2) is 0 Å². The highest BCUT2D eigenvalue weighted by Gasteiger charge is 2.46. The Hall–Kier alpha value is -2.16. The molecule has 1 aliphatic heterocycles. The minimum absolute atomic E-state index is 0.0256. The average molecular weight is 267 g/mol. The van der Waals surface area contributed by atoms with Gasteiger partial charge in [0.25, 0.3) is 0 Å². The quantitative estimate of drug-likeness (QED) is 0.772. The van der Waals surface area contributed by atoms with E-state index in [1.807, 2.05) is 30.3 Å². The summed E-state index contributed by atoms with van der Waals surface area (Å²) in [7, 11) is 1.59. The van der Waals surface area contributed by atoms with Gasteiger partial charge in [-0.3, -0.25) is 14.5 Å². The minimum Gasteiger partial charge on any atom is -0.285 e. The normalized spacial score (nSPS) is 26.1. The van der Waals surface area contributed by atoms with Crippen molar-refractivity contribution < 1.29 is 9.59 Å². The molecule has 2 atom stereocenters. The number of benzene rings is 1. The van der Waals surface area contributed by atoms with Crippen molar-refractivity contribution in [1.29, 1.82) is 0 Å². The molecule has 2 amide bonds. The third kappa shape index (κ3) is 2.20. The van der Waals surface area contributed by atoms with Gasteiger partial charge in [-0.05, 0) is 18.4 Å². The van der Waals surface area contributed by atoms with Crippen LogP contribution < -0.4 is 0 Å². The minimum atomic E-state index is -0.159. The summed E-state index contributed by atoms with van der Waals surface area (Å²) < 4.78 is 0. The number of likely N-dealkylation sites (tertiary alicyclic amines) is 1. The van der Waals surface area contributed by atoms with Gasteiger partial charge in [-0.1, -0.05) is 54.1 Å². The molecular weight excluding hydrogens is 250 g/mol. The van der Waals surface area contributed by atoms with Crippen LogP contribution in [0.5, 0.6) is 0 Å². The molecule has 0 N–H and O–H groups in total. The first-order valence-corrected chi connectivity index (χ1v) is 6.90. The molecule has 3 heteroatoms. The number of nitrogens with zero attached hydrogens (tertiary/aromatic N) is 1.